The molecule has 4 heterocycles. The highest BCUT2D eigenvalue weighted by Gasteiger charge is 2.38. The van der Waals surface area contributed by atoms with Crippen molar-refractivity contribution >= 4 is 33.0 Å². The van der Waals surface area contributed by atoms with Crippen LogP contribution in [-0.2, 0) is 5.41 Å². The van der Waals surface area contributed by atoms with Crippen molar-refractivity contribution in [2.24, 2.45) is 0 Å². The van der Waals surface area contributed by atoms with E-state index in [1.54, 1.807) is 0 Å². The maximum Gasteiger partial charge on any atom is 0.145 e. The van der Waals surface area contributed by atoms with E-state index in [0.717, 1.165) is 33.8 Å². The molecule has 0 radical (unpaired) electrons. The summed E-state index contributed by atoms with van der Waals surface area (Å²) in [6.07, 6.45) is 0. The molecule has 8 aromatic rings. The summed E-state index contributed by atoms with van der Waals surface area (Å²) in [4.78, 5) is 5.04. The second-order valence-corrected chi connectivity index (χ2v) is 11.7. The lowest BCUT2D eigenvalue weighted by atomic mass is 9.83. The summed E-state index contributed by atoms with van der Waals surface area (Å²) < 4.78 is 7.18. The van der Waals surface area contributed by atoms with E-state index >= 15 is 0 Å². The minimum atomic E-state index is -0.0677. The van der Waals surface area contributed by atoms with Gasteiger partial charge >= 0.3 is 0 Å². The van der Waals surface area contributed by atoms with E-state index < -0.39 is 0 Å². The molecule has 0 atom stereocenters. The van der Waals surface area contributed by atoms with Crippen molar-refractivity contribution in [2.45, 2.75) is 33.1 Å². The summed E-state index contributed by atoms with van der Waals surface area (Å²) in [5.74, 6) is 0.946. The van der Waals surface area contributed by atoms with Crippen LogP contribution in [0.5, 0.6) is 0 Å². The van der Waals surface area contributed by atoms with Crippen LogP contribution in [0.3, 0.4) is 0 Å². The average molecular weight is 571 g/mol. The number of rotatable bonds is 3. The van der Waals surface area contributed by atoms with E-state index in [9.17, 15) is 0 Å². The SMILES string of the molecule is CC.CC1(C)c2ccccc2-n2c1cc1c3ccccc3n(-c3ccc(-n4c(-c5ccccc5)nc5ccccc54)cc3)c12. The van der Waals surface area contributed by atoms with Gasteiger partial charge in [-0.3, -0.25) is 13.7 Å². The Morgan fingerprint density at radius 2 is 1.16 bits per heavy atom. The number of hydrogen-bond donors (Lipinski definition) is 0. The van der Waals surface area contributed by atoms with Gasteiger partial charge in [-0.1, -0.05) is 107 Å². The molecule has 0 saturated heterocycles. The highest BCUT2D eigenvalue weighted by atomic mass is 15.2. The Morgan fingerprint density at radius 3 is 1.93 bits per heavy atom. The first-order chi connectivity index (χ1) is 21.6. The molecule has 0 aliphatic carbocycles. The van der Waals surface area contributed by atoms with Gasteiger partial charge in [0, 0.05) is 38.8 Å². The van der Waals surface area contributed by atoms with E-state index in [1.165, 1.54) is 38.9 Å². The summed E-state index contributed by atoms with van der Waals surface area (Å²) >= 11 is 0. The van der Waals surface area contributed by atoms with E-state index in [-0.39, 0.29) is 5.41 Å². The first kappa shape index (κ1) is 26.3. The number of nitrogens with zero attached hydrogens (tertiary/aromatic N) is 4. The lowest BCUT2D eigenvalue weighted by Crippen LogP contribution is -2.15. The van der Waals surface area contributed by atoms with Crippen LogP contribution in [0, 0.1) is 0 Å². The molecule has 0 spiro atoms. The van der Waals surface area contributed by atoms with Gasteiger partial charge in [0.15, 0.2) is 0 Å². The fourth-order valence-corrected chi connectivity index (χ4v) is 7.05. The Bertz CT molecular complexity index is 2310. The van der Waals surface area contributed by atoms with Crippen molar-refractivity contribution in [1.29, 1.82) is 0 Å². The Balaban J connectivity index is 0.00000142. The van der Waals surface area contributed by atoms with Crippen LogP contribution >= 0.6 is 0 Å². The number of para-hydroxylation sites is 4. The third kappa shape index (κ3) is 3.61. The molecule has 0 saturated carbocycles. The summed E-state index contributed by atoms with van der Waals surface area (Å²) in [6.45, 7) is 8.68. The average Bonchev–Trinajstić information content (AvgIpc) is 3.80. The summed E-state index contributed by atoms with van der Waals surface area (Å²) in [5, 5.41) is 2.57. The predicted octanol–water partition coefficient (Wildman–Crippen LogP) is 10.2. The van der Waals surface area contributed by atoms with Crippen LogP contribution in [0.15, 0.2) is 133 Å². The zero-order valence-electron chi connectivity index (χ0n) is 25.5. The zero-order chi connectivity index (χ0) is 30.0. The Hall–Kier alpha value is -5.35. The highest BCUT2D eigenvalue weighted by Crippen LogP contribution is 2.48. The number of imidazole rings is 1. The maximum absolute atomic E-state index is 5.04. The minimum absolute atomic E-state index is 0.0677. The van der Waals surface area contributed by atoms with Crippen LogP contribution in [0.2, 0.25) is 0 Å². The largest absolute Gasteiger partial charge is 0.298 e. The molecule has 0 bridgehead atoms. The van der Waals surface area contributed by atoms with Crippen molar-refractivity contribution in [3.8, 4) is 28.5 Å². The molecule has 0 unspecified atom stereocenters. The van der Waals surface area contributed by atoms with Crippen molar-refractivity contribution in [2.75, 3.05) is 0 Å². The van der Waals surface area contributed by atoms with Gasteiger partial charge < -0.3 is 0 Å². The van der Waals surface area contributed by atoms with Crippen LogP contribution in [0.25, 0.3) is 61.4 Å². The third-order valence-electron chi connectivity index (χ3n) is 9.04. The van der Waals surface area contributed by atoms with E-state index in [4.69, 9.17) is 4.98 Å². The second kappa shape index (κ2) is 9.85. The Morgan fingerprint density at radius 1 is 0.545 bits per heavy atom. The fraction of sp³-hybridized carbons (Fsp3) is 0.125. The first-order valence-electron chi connectivity index (χ1n) is 15.5. The first-order valence-corrected chi connectivity index (χ1v) is 15.5. The van der Waals surface area contributed by atoms with Crippen LogP contribution < -0.4 is 0 Å². The molecule has 1 aliphatic rings. The van der Waals surface area contributed by atoms with E-state index in [2.05, 4.69) is 155 Å². The summed E-state index contributed by atoms with van der Waals surface area (Å²) in [6, 6.07) is 47.8. The molecule has 0 N–H and O–H groups in total. The van der Waals surface area contributed by atoms with Crippen molar-refractivity contribution in [1.82, 2.24) is 18.7 Å². The lowest BCUT2D eigenvalue weighted by Gasteiger charge is -2.18. The zero-order valence-corrected chi connectivity index (χ0v) is 25.5. The Kier molecular flexibility index (Phi) is 5.89. The van der Waals surface area contributed by atoms with E-state index in [0.29, 0.717) is 0 Å². The van der Waals surface area contributed by atoms with Crippen molar-refractivity contribution in [3.05, 3.63) is 145 Å². The van der Waals surface area contributed by atoms with Gasteiger partial charge in [-0.05, 0) is 60.2 Å². The van der Waals surface area contributed by atoms with Gasteiger partial charge in [0.2, 0.25) is 0 Å². The topological polar surface area (TPSA) is 27.7 Å². The molecule has 3 aromatic heterocycles. The molecule has 0 fully saturated rings. The number of benzene rings is 5. The monoisotopic (exact) mass is 570 g/mol. The van der Waals surface area contributed by atoms with Crippen molar-refractivity contribution < 1.29 is 0 Å². The van der Waals surface area contributed by atoms with Crippen LogP contribution in [0.1, 0.15) is 39.0 Å². The number of aromatic nitrogens is 4. The second-order valence-electron chi connectivity index (χ2n) is 11.7. The summed E-state index contributed by atoms with van der Waals surface area (Å²) in [5.41, 5.74) is 11.8. The van der Waals surface area contributed by atoms with Gasteiger partial charge in [0.25, 0.3) is 0 Å². The lowest BCUT2D eigenvalue weighted by molar-refractivity contribution is 0.644. The molecule has 5 aromatic carbocycles. The smallest absolute Gasteiger partial charge is 0.145 e. The molecular weight excluding hydrogens is 536 g/mol. The van der Waals surface area contributed by atoms with Crippen LogP contribution in [-0.4, -0.2) is 18.7 Å². The van der Waals surface area contributed by atoms with Gasteiger partial charge in [0.1, 0.15) is 11.5 Å². The van der Waals surface area contributed by atoms with Gasteiger partial charge in [-0.2, -0.15) is 0 Å². The van der Waals surface area contributed by atoms with E-state index in [1.807, 2.05) is 19.9 Å². The molecule has 4 heteroatoms. The molecule has 44 heavy (non-hydrogen) atoms. The highest BCUT2D eigenvalue weighted by molar-refractivity contribution is 6.10. The van der Waals surface area contributed by atoms with Gasteiger partial charge in [0.05, 0.1) is 22.2 Å². The third-order valence-corrected chi connectivity index (χ3v) is 9.04. The van der Waals surface area contributed by atoms with Crippen LogP contribution in [0.4, 0.5) is 0 Å². The Labute approximate surface area is 257 Å². The predicted molar refractivity (Wildman–Crippen MR) is 184 cm³/mol. The molecule has 9 rings (SSSR count). The number of hydrogen-bond acceptors (Lipinski definition) is 1. The van der Waals surface area contributed by atoms with Gasteiger partial charge in [-0.15, -0.1) is 0 Å². The summed E-state index contributed by atoms with van der Waals surface area (Å²) in [7, 11) is 0. The van der Waals surface area contributed by atoms with Gasteiger partial charge in [-0.25, -0.2) is 4.98 Å². The molecule has 4 nitrogen and oxygen atoms in total. The maximum atomic E-state index is 5.04. The fourth-order valence-electron chi connectivity index (χ4n) is 7.05. The normalized spacial score (nSPS) is 13.2. The molecular formula is C40H34N4. The number of fused-ring (bicyclic) bond motifs is 8. The molecule has 0 amide bonds. The molecule has 214 valence electrons. The minimum Gasteiger partial charge on any atom is -0.298 e. The standard InChI is InChI=1S/C38H28N4.C2H6/c1-38(2)30-15-7-10-18-33(30)42-35(38)24-29-28-14-6-9-17-32(28)41(37(29)42)27-22-20-26(21-23-27)40-34-19-11-8-16-31(34)39-36(40)25-12-4-3-5-13-25;1-2/h3-24H,1-2H3;1-2H3. The van der Waals surface area contributed by atoms with Crippen molar-refractivity contribution in [3.63, 3.8) is 0 Å². The quantitative estimate of drug-likeness (QED) is 0.208. The molecule has 1 aliphatic heterocycles.